The summed E-state index contributed by atoms with van der Waals surface area (Å²) < 4.78 is 5.09. The number of benzene rings is 1. The van der Waals surface area contributed by atoms with Crippen molar-refractivity contribution in [3.63, 3.8) is 0 Å². The molecule has 0 spiro atoms. The number of hydrogen-bond acceptors (Lipinski definition) is 5. The predicted molar refractivity (Wildman–Crippen MR) is 97.9 cm³/mol. The summed E-state index contributed by atoms with van der Waals surface area (Å²) in [5.74, 6) is 0.537. The third-order valence-electron chi connectivity index (χ3n) is 4.61. The second-order valence-corrected chi connectivity index (χ2v) is 6.51. The molecule has 0 aliphatic carbocycles. The molecule has 0 bridgehead atoms. The Labute approximate surface area is 148 Å². The van der Waals surface area contributed by atoms with E-state index in [4.69, 9.17) is 4.52 Å². The van der Waals surface area contributed by atoms with Crippen LogP contribution < -0.4 is 10.2 Å². The zero-order valence-corrected chi connectivity index (χ0v) is 14.9. The molecule has 1 N–H and O–H groups in total. The van der Waals surface area contributed by atoms with E-state index in [1.807, 2.05) is 19.9 Å². The van der Waals surface area contributed by atoms with Gasteiger partial charge in [0.15, 0.2) is 0 Å². The Hall–Kier alpha value is -2.34. The molecule has 0 saturated carbocycles. The second kappa shape index (κ2) is 8.16. The zero-order chi connectivity index (χ0) is 17.6. The summed E-state index contributed by atoms with van der Waals surface area (Å²) in [6.45, 7) is 8.87. The van der Waals surface area contributed by atoms with E-state index in [9.17, 15) is 4.79 Å². The van der Waals surface area contributed by atoms with Crippen molar-refractivity contribution >= 4 is 11.6 Å². The molecule has 6 nitrogen and oxygen atoms in total. The average Bonchev–Trinajstić information content (AvgIpc) is 3.12. The summed E-state index contributed by atoms with van der Waals surface area (Å²) in [5, 5.41) is 6.78. The van der Waals surface area contributed by atoms with Gasteiger partial charge < -0.3 is 14.7 Å². The zero-order valence-electron chi connectivity index (χ0n) is 14.9. The summed E-state index contributed by atoms with van der Waals surface area (Å²) in [6.07, 6.45) is 2.16. The Bertz CT molecular complexity index is 678. The first-order valence-corrected chi connectivity index (χ1v) is 8.94. The first-order chi connectivity index (χ1) is 12.2. The van der Waals surface area contributed by atoms with E-state index >= 15 is 0 Å². The minimum Gasteiger partial charge on any atom is -0.369 e. The monoisotopic (exact) mass is 342 g/mol. The summed E-state index contributed by atoms with van der Waals surface area (Å²) in [7, 11) is 0. The Morgan fingerprint density at radius 3 is 2.64 bits per heavy atom. The van der Waals surface area contributed by atoms with Crippen molar-refractivity contribution in [1.29, 1.82) is 0 Å². The number of anilines is 1. The normalized spacial score (nSPS) is 16.6. The third kappa shape index (κ3) is 4.39. The molecular formula is C19H26N4O2. The second-order valence-electron chi connectivity index (χ2n) is 6.51. The lowest BCUT2D eigenvalue weighted by Gasteiger charge is -2.37. The van der Waals surface area contributed by atoms with E-state index in [0.29, 0.717) is 17.7 Å². The first kappa shape index (κ1) is 17.5. The van der Waals surface area contributed by atoms with Gasteiger partial charge in [-0.15, -0.1) is 0 Å². The lowest BCUT2D eigenvalue weighted by Crippen LogP contribution is -2.50. The molecule has 1 fully saturated rings. The van der Waals surface area contributed by atoms with Crippen molar-refractivity contribution in [2.24, 2.45) is 0 Å². The van der Waals surface area contributed by atoms with E-state index in [1.165, 1.54) is 11.9 Å². The Kier molecular flexibility index (Phi) is 5.71. The van der Waals surface area contributed by atoms with Gasteiger partial charge >= 0.3 is 0 Å². The van der Waals surface area contributed by atoms with Gasteiger partial charge in [0, 0.05) is 50.9 Å². The molecule has 134 valence electrons. The van der Waals surface area contributed by atoms with Crippen LogP contribution in [0, 0.1) is 0 Å². The molecule has 1 aromatic heterocycles. The summed E-state index contributed by atoms with van der Waals surface area (Å²) in [5.41, 5.74) is 1.83. The Balaban J connectivity index is 1.46. The van der Waals surface area contributed by atoms with Crippen LogP contribution in [0.4, 0.5) is 5.69 Å². The maximum atomic E-state index is 12.3. The highest BCUT2D eigenvalue weighted by Crippen LogP contribution is 2.15. The van der Waals surface area contributed by atoms with Crippen LogP contribution in [0.2, 0.25) is 0 Å². The van der Waals surface area contributed by atoms with Crippen molar-refractivity contribution in [3.05, 3.63) is 47.9 Å². The lowest BCUT2D eigenvalue weighted by molar-refractivity contribution is 0.0926. The summed E-state index contributed by atoms with van der Waals surface area (Å²) in [4.78, 5) is 17.1. The van der Waals surface area contributed by atoms with Crippen LogP contribution in [0.5, 0.6) is 0 Å². The predicted octanol–water partition coefficient (Wildman–Crippen LogP) is 2.18. The molecule has 0 unspecified atom stereocenters. The van der Waals surface area contributed by atoms with E-state index in [2.05, 4.69) is 44.5 Å². The highest BCUT2D eigenvalue weighted by molar-refractivity contribution is 5.95. The number of amides is 1. The number of nitrogens with one attached hydrogen (secondary N) is 1. The van der Waals surface area contributed by atoms with Gasteiger partial charge in [-0.1, -0.05) is 30.3 Å². The van der Waals surface area contributed by atoms with E-state index in [1.54, 1.807) is 0 Å². The number of para-hydroxylation sites is 1. The molecule has 1 atom stereocenters. The number of hydrogen-bond donors (Lipinski definition) is 1. The molecule has 1 aromatic carbocycles. The van der Waals surface area contributed by atoms with Crippen LogP contribution in [0.3, 0.4) is 0 Å². The molecule has 2 heterocycles. The maximum absolute atomic E-state index is 12.3. The Morgan fingerprint density at radius 2 is 1.96 bits per heavy atom. The molecule has 1 saturated heterocycles. The topological polar surface area (TPSA) is 61.6 Å². The van der Waals surface area contributed by atoms with Gasteiger partial charge in [-0.05, 0) is 19.1 Å². The minimum atomic E-state index is -0.103. The fourth-order valence-corrected chi connectivity index (χ4v) is 3.27. The van der Waals surface area contributed by atoms with Crippen molar-refractivity contribution in [2.75, 3.05) is 37.6 Å². The molecule has 1 aliphatic heterocycles. The fraction of sp³-hybridized carbons (Fsp3) is 0.474. The first-order valence-electron chi connectivity index (χ1n) is 8.94. The molecule has 0 radical (unpaired) electrons. The number of carbonyl (C=O) groups excluding carboxylic acids is 1. The summed E-state index contributed by atoms with van der Waals surface area (Å²) in [6, 6.07) is 10.6. The van der Waals surface area contributed by atoms with E-state index in [0.717, 1.165) is 32.7 Å². The van der Waals surface area contributed by atoms with E-state index in [-0.39, 0.29) is 11.9 Å². The molecule has 6 heteroatoms. The number of aromatic nitrogens is 1. The number of piperazine rings is 1. The minimum absolute atomic E-state index is 0.0791. The number of carbonyl (C=O) groups is 1. The van der Waals surface area contributed by atoms with E-state index < -0.39 is 0 Å². The number of rotatable bonds is 6. The van der Waals surface area contributed by atoms with Gasteiger partial charge in [0.1, 0.15) is 11.3 Å². The van der Waals surface area contributed by atoms with Crippen LogP contribution in [0.1, 0.15) is 30.0 Å². The van der Waals surface area contributed by atoms with Gasteiger partial charge in [-0.25, -0.2) is 0 Å². The molecular weight excluding hydrogens is 316 g/mol. The van der Waals surface area contributed by atoms with Crippen molar-refractivity contribution in [3.8, 4) is 0 Å². The van der Waals surface area contributed by atoms with Crippen LogP contribution in [-0.4, -0.2) is 54.7 Å². The van der Waals surface area contributed by atoms with Gasteiger partial charge in [-0.2, -0.15) is 0 Å². The molecule has 2 aromatic rings. The molecule has 1 aliphatic rings. The highest BCUT2D eigenvalue weighted by Gasteiger charge is 2.21. The van der Waals surface area contributed by atoms with Gasteiger partial charge in [0.05, 0.1) is 6.20 Å². The quantitative estimate of drug-likeness (QED) is 0.872. The molecule has 1 amide bonds. The van der Waals surface area contributed by atoms with Crippen LogP contribution in [-0.2, 0) is 6.42 Å². The maximum Gasteiger partial charge on any atom is 0.256 e. The highest BCUT2D eigenvalue weighted by atomic mass is 16.5. The van der Waals surface area contributed by atoms with Gasteiger partial charge in [0.2, 0.25) is 0 Å². The standard InChI is InChI=1S/C19H26N4O2/c1-3-18-17(13-20-25-18)19(24)21-15(2)14-22-9-11-23(12-10-22)16-7-5-4-6-8-16/h4-8,13,15H,3,9-12,14H2,1-2H3,(H,21,24)/t15-/m1/s1. The lowest BCUT2D eigenvalue weighted by atomic mass is 10.2. The van der Waals surface area contributed by atoms with Crippen LogP contribution >= 0.6 is 0 Å². The van der Waals surface area contributed by atoms with Crippen LogP contribution in [0.15, 0.2) is 41.1 Å². The molecule has 3 rings (SSSR count). The fourth-order valence-electron chi connectivity index (χ4n) is 3.27. The van der Waals surface area contributed by atoms with Crippen molar-refractivity contribution in [2.45, 2.75) is 26.3 Å². The summed E-state index contributed by atoms with van der Waals surface area (Å²) >= 11 is 0. The van der Waals surface area contributed by atoms with Gasteiger partial charge in [-0.3, -0.25) is 9.69 Å². The van der Waals surface area contributed by atoms with Crippen LogP contribution in [0.25, 0.3) is 0 Å². The molecule has 25 heavy (non-hydrogen) atoms. The third-order valence-corrected chi connectivity index (χ3v) is 4.61. The average molecular weight is 342 g/mol. The largest absolute Gasteiger partial charge is 0.369 e. The SMILES string of the molecule is CCc1oncc1C(=O)N[C@H](C)CN1CCN(c2ccccc2)CC1. The number of nitrogens with zero attached hydrogens (tertiary/aromatic N) is 3. The number of aryl methyl sites for hydroxylation is 1. The van der Waals surface area contributed by atoms with Crippen molar-refractivity contribution < 1.29 is 9.32 Å². The van der Waals surface area contributed by atoms with Gasteiger partial charge in [0.25, 0.3) is 5.91 Å². The van der Waals surface area contributed by atoms with Crippen molar-refractivity contribution in [1.82, 2.24) is 15.4 Å². The Morgan fingerprint density at radius 1 is 1.24 bits per heavy atom. The smallest absolute Gasteiger partial charge is 0.256 e.